The number of hydrogen-bond donors (Lipinski definition) is 3. The number of aromatic hydroxyl groups is 1. The molecule has 0 bridgehead atoms. The second kappa shape index (κ2) is 7.79. The van der Waals surface area contributed by atoms with Gasteiger partial charge in [-0.2, -0.15) is 0 Å². The predicted molar refractivity (Wildman–Crippen MR) is 134 cm³/mol. The van der Waals surface area contributed by atoms with Crippen molar-refractivity contribution in [2.45, 2.75) is 31.3 Å². The fraction of sp³-hybridized carbons (Fsp3) is 0.167. The molecule has 4 aromatic rings. The molecule has 4 nitrogen and oxygen atoms in total. The van der Waals surface area contributed by atoms with Gasteiger partial charge in [0.15, 0.2) is 0 Å². The summed E-state index contributed by atoms with van der Waals surface area (Å²) in [5.41, 5.74) is 6.20. The van der Waals surface area contributed by atoms with Crippen LogP contribution in [-0.4, -0.2) is 16.1 Å². The third kappa shape index (κ3) is 3.27. The molecule has 174 valence electrons. The minimum atomic E-state index is -0.713. The molecule has 1 aliphatic carbocycles. The lowest BCUT2D eigenvalue weighted by Gasteiger charge is -2.13. The highest BCUT2D eigenvalue weighted by Gasteiger charge is 2.65. The van der Waals surface area contributed by atoms with E-state index in [1.807, 2.05) is 61.5 Å². The number of halogens is 1. The molecule has 1 heterocycles. The molecule has 4 aromatic carbocycles. The van der Waals surface area contributed by atoms with Crippen LogP contribution in [0.3, 0.4) is 0 Å². The molecule has 1 fully saturated rings. The summed E-state index contributed by atoms with van der Waals surface area (Å²) in [6.45, 7) is 1.91. The Bertz CT molecular complexity index is 1490. The van der Waals surface area contributed by atoms with Gasteiger partial charge in [-0.3, -0.25) is 4.79 Å². The number of aliphatic hydroxyl groups is 1. The van der Waals surface area contributed by atoms with Crippen molar-refractivity contribution in [3.63, 3.8) is 0 Å². The van der Waals surface area contributed by atoms with Gasteiger partial charge in [-0.15, -0.1) is 0 Å². The number of benzene rings is 4. The largest absolute Gasteiger partial charge is 0.507 e. The summed E-state index contributed by atoms with van der Waals surface area (Å²) in [6.07, 6.45) is 0.650. The zero-order valence-electron chi connectivity index (χ0n) is 19.2. The number of para-hydroxylation sites is 1. The van der Waals surface area contributed by atoms with Gasteiger partial charge in [0.2, 0.25) is 5.91 Å². The third-order valence-corrected chi connectivity index (χ3v) is 7.56. The lowest BCUT2D eigenvalue weighted by atomic mass is 9.88. The van der Waals surface area contributed by atoms with Gasteiger partial charge in [0, 0.05) is 22.7 Å². The molecule has 1 spiro atoms. The van der Waals surface area contributed by atoms with Gasteiger partial charge >= 0.3 is 0 Å². The number of carbonyl (C=O) groups excluding carboxylic acids is 1. The van der Waals surface area contributed by atoms with Crippen molar-refractivity contribution >= 4 is 11.6 Å². The summed E-state index contributed by atoms with van der Waals surface area (Å²) < 4.78 is 15.2. The number of nitrogens with one attached hydrogen (secondary N) is 1. The Morgan fingerprint density at radius 3 is 2.40 bits per heavy atom. The van der Waals surface area contributed by atoms with E-state index in [9.17, 15) is 15.0 Å². The number of amides is 1. The average molecular weight is 466 g/mol. The van der Waals surface area contributed by atoms with Crippen LogP contribution in [-0.2, 0) is 16.8 Å². The van der Waals surface area contributed by atoms with E-state index in [1.165, 1.54) is 6.07 Å². The van der Waals surface area contributed by atoms with Crippen molar-refractivity contribution in [1.29, 1.82) is 0 Å². The smallest absolute Gasteiger partial charge is 0.235 e. The first-order valence-corrected chi connectivity index (χ1v) is 11.7. The molecule has 6 rings (SSSR count). The lowest BCUT2D eigenvalue weighted by molar-refractivity contribution is -0.118. The Morgan fingerprint density at radius 2 is 1.69 bits per heavy atom. The van der Waals surface area contributed by atoms with Crippen molar-refractivity contribution in [1.82, 2.24) is 0 Å². The zero-order valence-corrected chi connectivity index (χ0v) is 19.2. The quantitative estimate of drug-likeness (QED) is 0.344. The number of carbonyl (C=O) groups is 1. The molecule has 5 heteroatoms. The maximum absolute atomic E-state index is 15.2. The van der Waals surface area contributed by atoms with Crippen LogP contribution in [0.25, 0.3) is 22.3 Å². The molecule has 1 aliphatic heterocycles. The van der Waals surface area contributed by atoms with Gasteiger partial charge in [0.1, 0.15) is 11.6 Å². The van der Waals surface area contributed by atoms with Crippen molar-refractivity contribution in [3.8, 4) is 28.0 Å². The summed E-state index contributed by atoms with van der Waals surface area (Å²) in [4.78, 5) is 13.1. The summed E-state index contributed by atoms with van der Waals surface area (Å²) in [7, 11) is 0. The molecule has 0 radical (unpaired) electrons. The standard InChI is InChI=1S/C30H24FNO3/c1-17-6-7-20(12-21(17)16-33)25-15-30(25)24-13-23(26(31)14-27(24)32-29(30)35)19-10-8-18(9-11-19)22-4-2-3-5-28(22)34/h2-14,25,33-34H,15-16H2,1H3,(H,32,35). The highest BCUT2D eigenvalue weighted by Crippen LogP contribution is 2.65. The number of aliphatic hydroxyl groups excluding tert-OH is 1. The van der Waals surface area contributed by atoms with Crippen LogP contribution in [0.15, 0.2) is 78.9 Å². The minimum Gasteiger partial charge on any atom is -0.507 e. The van der Waals surface area contributed by atoms with Crippen LogP contribution in [0.5, 0.6) is 5.75 Å². The molecule has 2 aliphatic rings. The van der Waals surface area contributed by atoms with Gasteiger partial charge < -0.3 is 15.5 Å². The Kier molecular flexibility index (Phi) is 4.80. The predicted octanol–water partition coefficient (Wildman–Crippen LogP) is 6.04. The van der Waals surface area contributed by atoms with E-state index in [-0.39, 0.29) is 24.2 Å². The third-order valence-electron chi connectivity index (χ3n) is 7.56. The fourth-order valence-corrected chi connectivity index (χ4v) is 5.46. The first-order valence-electron chi connectivity index (χ1n) is 11.7. The van der Waals surface area contributed by atoms with Crippen LogP contribution < -0.4 is 5.32 Å². The van der Waals surface area contributed by atoms with Gasteiger partial charge in [-0.05, 0) is 64.9 Å². The van der Waals surface area contributed by atoms with Crippen molar-refractivity contribution in [3.05, 3.63) is 107 Å². The van der Waals surface area contributed by atoms with Crippen molar-refractivity contribution in [2.75, 3.05) is 5.32 Å². The van der Waals surface area contributed by atoms with E-state index >= 15 is 4.39 Å². The molecule has 35 heavy (non-hydrogen) atoms. The Balaban J connectivity index is 1.38. The van der Waals surface area contributed by atoms with E-state index in [0.29, 0.717) is 28.8 Å². The minimum absolute atomic E-state index is 0.0172. The van der Waals surface area contributed by atoms with E-state index < -0.39 is 11.2 Å². The van der Waals surface area contributed by atoms with Crippen LogP contribution in [0, 0.1) is 12.7 Å². The van der Waals surface area contributed by atoms with Gasteiger partial charge in [0.05, 0.1) is 12.0 Å². The molecule has 1 saturated carbocycles. The van der Waals surface area contributed by atoms with Crippen LogP contribution in [0.4, 0.5) is 10.1 Å². The zero-order chi connectivity index (χ0) is 24.3. The van der Waals surface area contributed by atoms with Gasteiger partial charge in [-0.25, -0.2) is 4.39 Å². The van der Waals surface area contributed by atoms with Gasteiger partial charge in [-0.1, -0.05) is 60.7 Å². The molecular formula is C30H24FNO3. The van der Waals surface area contributed by atoms with Crippen molar-refractivity contribution < 1.29 is 19.4 Å². The molecule has 1 amide bonds. The van der Waals surface area contributed by atoms with Crippen LogP contribution in [0.1, 0.15) is 34.6 Å². The first kappa shape index (κ1) is 21.6. The number of phenols is 1. The SMILES string of the molecule is Cc1ccc(C2CC23C(=O)Nc2cc(F)c(-c4ccc(-c5ccccc5O)cc4)cc23)cc1CO. The Morgan fingerprint density at radius 1 is 0.971 bits per heavy atom. The molecular weight excluding hydrogens is 441 g/mol. The van der Waals surface area contributed by atoms with Crippen LogP contribution >= 0.6 is 0 Å². The summed E-state index contributed by atoms with van der Waals surface area (Å²) in [5.74, 6) is -0.325. The number of hydrogen-bond acceptors (Lipinski definition) is 3. The maximum Gasteiger partial charge on any atom is 0.235 e. The highest BCUT2D eigenvalue weighted by molar-refractivity contribution is 6.10. The van der Waals surface area contributed by atoms with Crippen LogP contribution in [0.2, 0.25) is 0 Å². The molecule has 0 saturated heterocycles. The molecule has 2 atom stereocenters. The Hall–Kier alpha value is -3.96. The summed E-state index contributed by atoms with van der Waals surface area (Å²) in [5, 5.41) is 22.7. The number of rotatable bonds is 4. The maximum atomic E-state index is 15.2. The first-order chi connectivity index (χ1) is 16.9. The normalized spacial score (nSPS) is 20.1. The number of phenolic OH excluding ortho intramolecular Hbond substituents is 1. The summed E-state index contributed by atoms with van der Waals surface area (Å²) >= 11 is 0. The van der Waals surface area contributed by atoms with Crippen molar-refractivity contribution in [2.24, 2.45) is 0 Å². The number of aryl methyl sites for hydroxylation is 1. The van der Waals surface area contributed by atoms with E-state index in [2.05, 4.69) is 5.32 Å². The molecule has 2 unspecified atom stereocenters. The topological polar surface area (TPSA) is 69.6 Å². The lowest BCUT2D eigenvalue weighted by Crippen LogP contribution is -2.21. The second-order valence-electron chi connectivity index (χ2n) is 9.50. The average Bonchev–Trinajstić information content (AvgIpc) is 3.56. The van der Waals surface area contributed by atoms with E-state index in [4.69, 9.17) is 0 Å². The molecule has 0 aromatic heterocycles. The van der Waals surface area contributed by atoms with E-state index in [0.717, 1.165) is 27.8 Å². The Labute approximate surface area is 202 Å². The van der Waals surface area contributed by atoms with E-state index in [1.54, 1.807) is 18.2 Å². The second-order valence-corrected chi connectivity index (χ2v) is 9.50. The monoisotopic (exact) mass is 465 g/mol. The van der Waals surface area contributed by atoms with Gasteiger partial charge in [0.25, 0.3) is 0 Å². The highest BCUT2D eigenvalue weighted by atomic mass is 19.1. The summed E-state index contributed by atoms with van der Waals surface area (Å²) in [6, 6.07) is 23.7. The number of anilines is 1. The fourth-order valence-electron chi connectivity index (χ4n) is 5.46. The number of fused-ring (bicyclic) bond motifs is 2. The molecule has 3 N–H and O–H groups in total.